The van der Waals surface area contributed by atoms with Crippen LogP contribution in [0, 0.1) is 34.5 Å². The lowest BCUT2D eigenvalue weighted by atomic mass is 9.42. The van der Waals surface area contributed by atoms with Gasteiger partial charge in [-0.05, 0) is 67.7 Å². The molecule has 0 aromatic carbocycles. The smallest absolute Gasteiger partial charge is 0.408 e. The van der Waals surface area contributed by atoms with E-state index < -0.39 is 17.7 Å². The molecule has 12 nitrogen and oxygen atoms in total. The van der Waals surface area contributed by atoms with Crippen molar-refractivity contribution in [1.29, 1.82) is 5.26 Å². The quantitative estimate of drug-likeness (QED) is 0.154. The van der Waals surface area contributed by atoms with E-state index >= 15 is 0 Å². The Morgan fingerprint density at radius 3 is 2.42 bits per heavy atom. The maximum absolute atomic E-state index is 13.2. The molecular weight excluding hydrogens is 516 g/mol. The van der Waals surface area contributed by atoms with Crippen molar-refractivity contribution < 1.29 is 28.5 Å². The average Bonchev–Trinajstić information content (AvgIpc) is 3.36. The van der Waals surface area contributed by atoms with E-state index in [2.05, 4.69) is 42.2 Å². The van der Waals surface area contributed by atoms with Crippen LogP contribution in [-0.2, 0) is 23.7 Å². The summed E-state index contributed by atoms with van der Waals surface area (Å²) in [5, 5.41) is 16.0. The van der Waals surface area contributed by atoms with Crippen LogP contribution in [0.3, 0.4) is 0 Å². The molecule has 4 aliphatic carbocycles. The number of hydrogen-bond donors (Lipinski definition) is 1. The van der Waals surface area contributed by atoms with Gasteiger partial charge in [-0.2, -0.15) is 5.26 Å². The third-order valence-corrected chi connectivity index (χ3v) is 8.97. The van der Waals surface area contributed by atoms with E-state index in [4.69, 9.17) is 24.5 Å². The summed E-state index contributed by atoms with van der Waals surface area (Å²) in [7, 11) is 0. The van der Waals surface area contributed by atoms with Crippen molar-refractivity contribution >= 4 is 12.0 Å². The van der Waals surface area contributed by atoms with Gasteiger partial charge >= 0.3 is 6.09 Å². The van der Waals surface area contributed by atoms with Gasteiger partial charge in [-0.1, -0.05) is 25.9 Å². The van der Waals surface area contributed by atoms with Gasteiger partial charge in [-0.15, -0.1) is 0 Å². The third-order valence-electron chi connectivity index (χ3n) is 8.97. The number of nitrogens with one attached hydrogen (secondary N) is 1. The second-order valence-corrected chi connectivity index (χ2v) is 12.9. The Hall–Kier alpha value is -2.58. The van der Waals surface area contributed by atoms with Gasteiger partial charge in [0, 0.05) is 29.5 Å². The fourth-order valence-corrected chi connectivity index (χ4v) is 8.52. The first kappa shape index (κ1) is 30.4. The molecule has 5 fully saturated rings. The summed E-state index contributed by atoms with van der Waals surface area (Å²) in [5.41, 5.74) is 7.32. The number of ether oxygens (including phenoxy) is 4. The number of carbonyl (C=O) groups is 2. The molecule has 1 N–H and O–H groups in total. The predicted octanol–water partition coefficient (Wildman–Crippen LogP) is 3.95. The number of rotatable bonds is 13. The number of carbonyl (C=O) groups excluding carboxylic acids is 2. The van der Waals surface area contributed by atoms with Crippen molar-refractivity contribution in [2.24, 2.45) is 28.3 Å². The predicted molar refractivity (Wildman–Crippen MR) is 145 cm³/mol. The first-order chi connectivity index (χ1) is 19.1. The molecule has 4 atom stereocenters. The normalized spacial score (nSPS) is 32.4. The van der Waals surface area contributed by atoms with E-state index in [0.717, 1.165) is 38.5 Å². The summed E-state index contributed by atoms with van der Waals surface area (Å²) >= 11 is 0. The zero-order valence-electron chi connectivity index (χ0n) is 24.1. The van der Waals surface area contributed by atoms with Crippen LogP contribution < -0.4 is 5.32 Å². The highest BCUT2D eigenvalue weighted by molar-refractivity contribution is 5.81. The highest BCUT2D eigenvalue weighted by Gasteiger charge is 2.67. The Morgan fingerprint density at radius 1 is 1.10 bits per heavy atom. The molecule has 2 amide bonds. The molecule has 5 rings (SSSR count). The molecule has 0 radical (unpaired) electrons. The minimum Gasteiger partial charge on any atom is -0.439 e. The first-order valence-corrected chi connectivity index (χ1v) is 14.6. The molecule has 0 aromatic rings. The van der Waals surface area contributed by atoms with Crippen molar-refractivity contribution in [1.82, 2.24) is 10.2 Å². The van der Waals surface area contributed by atoms with Crippen LogP contribution in [0.2, 0.25) is 0 Å². The second-order valence-electron chi connectivity index (χ2n) is 12.9. The highest BCUT2D eigenvalue weighted by atomic mass is 16.6. The van der Waals surface area contributed by atoms with E-state index in [1.165, 1.54) is 4.90 Å². The molecule has 5 aliphatic rings. The van der Waals surface area contributed by atoms with Gasteiger partial charge in [0.05, 0.1) is 44.7 Å². The number of amides is 2. The molecule has 0 spiro atoms. The molecule has 1 heterocycles. The summed E-state index contributed by atoms with van der Waals surface area (Å²) in [6.07, 6.45) is 5.72. The fraction of sp³-hybridized carbons (Fsp3) is 0.893. The standard InChI is InChI=1S/C28H44N6O6/c1-26(2,3)24-27(32-25(36)39-19-23(35)34-7-4-5-22(34)18-29)14-20-13-21(15-27)17-28(24,16-20)40-12-11-38-10-9-37-8-6-31-33-30/h20-22,24H,4-17,19H2,1-3H3,(H,32,36)/t20?,21?,22-,24?,27?,28?/m0/s1. The van der Waals surface area contributed by atoms with Crippen LogP contribution in [-0.4, -0.2) is 86.8 Å². The SMILES string of the molecule is CC(C)(C)C1C2(NC(=O)OCC(=O)N3CCC[C@H]3C#N)CC3CC(C2)CC1(OCCOCCOCCN=[N+]=[N-])C3. The Kier molecular flexibility index (Phi) is 9.83. The molecule has 4 bridgehead atoms. The van der Waals surface area contributed by atoms with Crippen molar-refractivity contribution in [3.63, 3.8) is 0 Å². The van der Waals surface area contributed by atoms with Gasteiger partial charge in [0.25, 0.3) is 5.91 Å². The van der Waals surface area contributed by atoms with Crippen LogP contribution in [0.5, 0.6) is 0 Å². The Balaban J connectivity index is 1.35. The lowest BCUT2D eigenvalue weighted by molar-refractivity contribution is -0.243. The number of alkyl carbamates (subject to hydrolysis) is 1. The van der Waals surface area contributed by atoms with Gasteiger partial charge in [0.1, 0.15) is 6.04 Å². The van der Waals surface area contributed by atoms with E-state index in [-0.39, 0.29) is 29.4 Å². The molecule has 4 saturated carbocycles. The summed E-state index contributed by atoms with van der Waals surface area (Å²) in [6.45, 7) is 9.22. The Bertz CT molecular complexity index is 988. The monoisotopic (exact) mass is 560 g/mol. The summed E-state index contributed by atoms with van der Waals surface area (Å²) < 4.78 is 23.3. The fourth-order valence-electron chi connectivity index (χ4n) is 8.52. The maximum Gasteiger partial charge on any atom is 0.408 e. The second kappa shape index (κ2) is 12.9. The van der Waals surface area contributed by atoms with Crippen LogP contribution in [0.15, 0.2) is 5.11 Å². The largest absolute Gasteiger partial charge is 0.439 e. The number of azide groups is 1. The number of hydrogen-bond acceptors (Lipinski definition) is 8. The maximum atomic E-state index is 13.2. The van der Waals surface area contributed by atoms with Crippen LogP contribution >= 0.6 is 0 Å². The minimum absolute atomic E-state index is 0.0640. The van der Waals surface area contributed by atoms with Gasteiger partial charge in [-0.3, -0.25) is 4.79 Å². The minimum atomic E-state index is -0.573. The van der Waals surface area contributed by atoms with E-state index in [1.807, 2.05) is 0 Å². The summed E-state index contributed by atoms with van der Waals surface area (Å²) in [6, 6.07) is 1.72. The number of likely N-dealkylation sites (tertiary alicyclic amines) is 1. The topological polar surface area (TPSA) is 159 Å². The lowest BCUT2D eigenvalue weighted by Crippen LogP contribution is -2.74. The van der Waals surface area contributed by atoms with Crippen molar-refractivity contribution in [3.05, 3.63) is 10.4 Å². The third kappa shape index (κ3) is 6.82. The van der Waals surface area contributed by atoms with Gasteiger partial charge in [0.2, 0.25) is 0 Å². The van der Waals surface area contributed by atoms with Crippen LogP contribution in [0.4, 0.5) is 4.79 Å². The van der Waals surface area contributed by atoms with Crippen molar-refractivity contribution in [2.75, 3.05) is 52.7 Å². The van der Waals surface area contributed by atoms with E-state index in [0.29, 0.717) is 64.4 Å². The molecule has 3 unspecified atom stereocenters. The summed E-state index contributed by atoms with van der Waals surface area (Å²) in [5.74, 6) is 0.658. The zero-order valence-corrected chi connectivity index (χ0v) is 24.1. The van der Waals surface area contributed by atoms with Crippen LogP contribution in [0.1, 0.15) is 65.7 Å². The van der Waals surface area contributed by atoms with E-state index in [1.54, 1.807) is 0 Å². The van der Waals surface area contributed by atoms with E-state index in [9.17, 15) is 14.9 Å². The van der Waals surface area contributed by atoms with Gasteiger partial charge in [0.15, 0.2) is 6.61 Å². The van der Waals surface area contributed by atoms with Crippen LogP contribution in [0.25, 0.3) is 10.4 Å². The Labute approximate surface area is 236 Å². The summed E-state index contributed by atoms with van der Waals surface area (Å²) in [4.78, 5) is 30.0. The molecule has 1 saturated heterocycles. The molecule has 1 aliphatic heterocycles. The Morgan fingerprint density at radius 2 is 1.77 bits per heavy atom. The van der Waals surface area contributed by atoms with Gasteiger partial charge in [-0.25, -0.2) is 4.79 Å². The number of nitrogens with zero attached hydrogens (tertiary/aromatic N) is 5. The lowest BCUT2D eigenvalue weighted by Gasteiger charge is -2.68. The first-order valence-electron chi connectivity index (χ1n) is 14.6. The molecule has 40 heavy (non-hydrogen) atoms. The molecular formula is C28H44N6O6. The average molecular weight is 561 g/mol. The van der Waals surface area contributed by atoms with Gasteiger partial charge < -0.3 is 29.2 Å². The highest BCUT2D eigenvalue weighted by Crippen LogP contribution is 2.65. The van der Waals surface area contributed by atoms with Crippen molar-refractivity contribution in [2.45, 2.75) is 82.9 Å². The zero-order chi connectivity index (χ0) is 28.8. The molecule has 12 heteroatoms. The number of nitriles is 1. The molecule has 222 valence electrons. The molecule has 0 aromatic heterocycles. The van der Waals surface area contributed by atoms with Crippen molar-refractivity contribution in [3.8, 4) is 6.07 Å².